The molecule has 0 bridgehead atoms. The fourth-order valence-corrected chi connectivity index (χ4v) is 4.63. The maximum Gasteiger partial charge on any atom is 0.233 e. The number of aliphatic hydroxyl groups is 2. The smallest absolute Gasteiger partial charge is 0.233 e. The summed E-state index contributed by atoms with van der Waals surface area (Å²) in [6.45, 7) is 7.99. The summed E-state index contributed by atoms with van der Waals surface area (Å²) in [4.78, 5) is 3.13. The Hall–Kier alpha value is -2.44. The maximum atomic E-state index is 13.0. The Balaban J connectivity index is 1.90. The van der Waals surface area contributed by atoms with Crippen LogP contribution in [0.4, 0.5) is 5.69 Å². The molecule has 142 valence electrons. The molecule has 2 N–H and O–H groups in total. The fraction of sp³-hybridized carbons (Fsp3) is 0.316. The van der Waals surface area contributed by atoms with Crippen molar-refractivity contribution in [3.05, 3.63) is 65.5 Å². The van der Waals surface area contributed by atoms with E-state index in [-0.39, 0.29) is 23.7 Å². The van der Waals surface area contributed by atoms with Crippen molar-refractivity contribution in [2.24, 2.45) is 0 Å². The Morgan fingerprint density at radius 2 is 1.93 bits per heavy atom. The molecule has 2 aromatic rings. The van der Waals surface area contributed by atoms with Crippen LogP contribution in [0.5, 0.6) is 5.75 Å². The molecular formula is C19H20N2O5S. The minimum atomic E-state index is -4.03. The normalized spacial score (nSPS) is 23.1. The van der Waals surface area contributed by atoms with Gasteiger partial charge in [-0.25, -0.2) is 13.3 Å². The molecule has 27 heavy (non-hydrogen) atoms. The van der Waals surface area contributed by atoms with Gasteiger partial charge in [0.1, 0.15) is 17.5 Å². The van der Waals surface area contributed by atoms with E-state index in [0.29, 0.717) is 5.75 Å². The minimum Gasteiger partial charge on any atom is -0.486 e. The van der Waals surface area contributed by atoms with Crippen LogP contribution in [0.1, 0.15) is 5.56 Å². The molecule has 0 unspecified atom stereocenters. The summed E-state index contributed by atoms with van der Waals surface area (Å²) in [6, 6.07) is 13.0. The number of benzene rings is 2. The van der Waals surface area contributed by atoms with Crippen LogP contribution in [0.2, 0.25) is 0 Å². The molecule has 1 saturated heterocycles. The Kier molecular flexibility index (Phi) is 5.22. The molecule has 0 radical (unpaired) electrons. The van der Waals surface area contributed by atoms with Crippen LogP contribution >= 0.6 is 0 Å². The standard InChI is InChI=1S/C19H20N2O5S/c1-14-7-9-15(10-8-14)26-18-11-21(12-19(18,23)13-22)27(24,25)17-6-4-3-5-16(17)20-2/h3-10,18,22-23H,11-13H2,1H3/t18-,19+/m0/s1. The van der Waals surface area contributed by atoms with Crippen LogP contribution in [-0.4, -0.2) is 54.3 Å². The first kappa shape index (κ1) is 19.3. The van der Waals surface area contributed by atoms with E-state index >= 15 is 0 Å². The van der Waals surface area contributed by atoms with Crippen LogP contribution in [0, 0.1) is 13.5 Å². The number of sulfonamides is 1. The zero-order chi connectivity index (χ0) is 19.7. The SMILES string of the molecule is [C-]#[N+]c1ccccc1S(=O)(=O)N1C[C@H](Oc2ccc(C)cc2)[C@](O)(CO)C1. The molecule has 2 atom stereocenters. The van der Waals surface area contributed by atoms with Crippen molar-refractivity contribution in [3.63, 3.8) is 0 Å². The number of β-amino-alcohol motifs (C(OH)–C–C–N with tert-alkyl or cyclic N) is 1. The number of para-hydroxylation sites is 1. The molecule has 0 spiro atoms. The van der Waals surface area contributed by atoms with Gasteiger partial charge in [-0.3, -0.25) is 0 Å². The quantitative estimate of drug-likeness (QED) is 0.761. The monoisotopic (exact) mass is 388 g/mol. The lowest BCUT2D eigenvalue weighted by Gasteiger charge is -2.27. The van der Waals surface area contributed by atoms with Crippen molar-refractivity contribution in [3.8, 4) is 5.75 Å². The van der Waals surface area contributed by atoms with Crippen molar-refractivity contribution in [1.82, 2.24) is 4.31 Å². The predicted octanol–water partition coefficient (Wildman–Crippen LogP) is 1.72. The lowest BCUT2D eigenvalue weighted by Crippen LogP contribution is -2.48. The third kappa shape index (κ3) is 3.68. The van der Waals surface area contributed by atoms with Crippen molar-refractivity contribution < 1.29 is 23.4 Å². The molecule has 7 nitrogen and oxygen atoms in total. The summed E-state index contributed by atoms with van der Waals surface area (Å²) in [6.07, 6.45) is -0.944. The van der Waals surface area contributed by atoms with Gasteiger partial charge in [-0.1, -0.05) is 42.0 Å². The van der Waals surface area contributed by atoms with Crippen LogP contribution in [0.15, 0.2) is 53.4 Å². The van der Waals surface area contributed by atoms with Gasteiger partial charge < -0.3 is 14.9 Å². The second kappa shape index (κ2) is 7.29. The van der Waals surface area contributed by atoms with Crippen LogP contribution in [0.25, 0.3) is 4.85 Å². The molecule has 2 aromatic carbocycles. The number of aliphatic hydroxyl groups excluding tert-OH is 1. The summed E-state index contributed by atoms with van der Waals surface area (Å²) in [5.41, 5.74) is -0.704. The van der Waals surface area contributed by atoms with Gasteiger partial charge in [-0.2, -0.15) is 4.31 Å². The Morgan fingerprint density at radius 1 is 1.26 bits per heavy atom. The molecular weight excluding hydrogens is 368 g/mol. The summed E-state index contributed by atoms with van der Waals surface area (Å²) in [5, 5.41) is 20.4. The summed E-state index contributed by atoms with van der Waals surface area (Å²) in [7, 11) is -4.03. The van der Waals surface area contributed by atoms with Crippen molar-refractivity contribution in [2.45, 2.75) is 23.5 Å². The number of ether oxygens (including phenoxy) is 1. The molecule has 1 fully saturated rings. The van der Waals surface area contributed by atoms with E-state index in [0.717, 1.165) is 9.87 Å². The van der Waals surface area contributed by atoms with E-state index in [2.05, 4.69) is 4.85 Å². The highest BCUT2D eigenvalue weighted by molar-refractivity contribution is 7.89. The van der Waals surface area contributed by atoms with Gasteiger partial charge in [0.25, 0.3) is 0 Å². The molecule has 3 rings (SSSR count). The van der Waals surface area contributed by atoms with E-state index in [1.807, 2.05) is 19.1 Å². The third-order valence-electron chi connectivity index (χ3n) is 4.60. The second-order valence-corrected chi connectivity index (χ2v) is 8.46. The first-order chi connectivity index (χ1) is 12.8. The average molecular weight is 388 g/mol. The first-order valence-corrected chi connectivity index (χ1v) is 9.77. The van der Waals surface area contributed by atoms with E-state index in [1.165, 1.54) is 18.2 Å². The van der Waals surface area contributed by atoms with Crippen LogP contribution in [-0.2, 0) is 10.0 Å². The Bertz CT molecular complexity index is 968. The van der Waals surface area contributed by atoms with Gasteiger partial charge in [0, 0.05) is 6.54 Å². The highest BCUT2D eigenvalue weighted by atomic mass is 32.2. The number of hydrogen-bond donors (Lipinski definition) is 2. The predicted molar refractivity (Wildman–Crippen MR) is 99.1 cm³/mol. The second-order valence-electron chi connectivity index (χ2n) is 6.56. The Morgan fingerprint density at radius 3 is 2.56 bits per heavy atom. The largest absolute Gasteiger partial charge is 0.486 e. The van der Waals surface area contributed by atoms with Gasteiger partial charge >= 0.3 is 0 Å². The summed E-state index contributed by atoms with van der Waals surface area (Å²) in [5.74, 6) is 0.471. The molecule has 0 aromatic heterocycles. The minimum absolute atomic E-state index is 0.00735. The molecule has 1 aliphatic rings. The topological polar surface area (TPSA) is 91.4 Å². The lowest BCUT2D eigenvalue weighted by molar-refractivity contribution is -0.0640. The van der Waals surface area contributed by atoms with Gasteiger partial charge in [-0.05, 0) is 19.1 Å². The highest BCUT2D eigenvalue weighted by Gasteiger charge is 2.51. The molecule has 0 amide bonds. The van der Waals surface area contributed by atoms with Gasteiger partial charge in [0.15, 0.2) is 0 Å². The molecule has 0 saturated carbocycles. The molecule has 1 heterocycles. The van der Waals surface area contributed by atoms with Crippen molar-refractivity contribution >= 4 is 15.7 Å². The van der Waals surface area contributed by atoms with Gasteiger partial charge in [0.05, 0.1) is 24.6 Å². The third-order valence-corrected chi connectivity index (χ3v) is 6.45. The molecule has 8 heteroatoms. The highest BCUT2D eigenvalue weighted by Crippen LogP contribution is 2.33. The average Bonchev–Trinajstić information content (AvgIpc) is 3.01. The number of rotatable bonds is 5. The maximum absolute atomic E-state index is 13.0. The van der Waals surface area contributed by atoms with Crippen molar-refractivity contribution in [2.75, 3.05) is 19.7 Å². The number of aryl methyl sites for hydroxylation is 1. The van der Waals surface area contributed by atoms with E-state index < -0.39 is 28.3 Å². The van der Waals surface area contributed by atoms with E-state index in [1.54, 1.807) is 18.2 Å². The summed E-state index contributed by atoms with van der Waals surface area (Å²) >= 11 is 0. The van der Waals surface area contributed by atoms with Crippen molar-refractivity contribution in [1.29, 1.82) is 0 Å². The summed E-state index contributed by atoms with van der Waals surface area (Å²) < 4.78 is 32.8. The lowest BCUT2D eigenvalue weighted by atomic mass is 10.0. The zero-order valence-electron chi connectivity index (χ0n) is 14.7. The van der Waals surface area contributed by atoms with Crippen LogP contribution < -0.4 is 4.74 Å². The molecule has 0 aliphatic carbocycles. The number of nitrogens with zero attached hydrogens (tertiary/aromatic N) is 2. The molecule has 1 aliphatic heterocycles. The van der Waals surface area contributed by atoms with E-state index in [9.17, 15) is 18.6 Å². The van der Waals surface area contributed by atoms with Gasteiger partial charge in [-0.15, -0.1) is 0 Å². The first-order valence-electron chi connectivity index (χ1n) is 8.33. The fourth-order valence-electron chi connectivity index (χ4n) is 3.00. The van der Waals surface area contributed by atoms with Crippen LogP contribution in [0.3, 0.4) is 0 Å². The van der Waals surface area contributed by atoms with Gasteiger partial charge in [0.2, 0.25) is 15.7 Å². The Labute approximate surface area is 158 Å². The van der Waals surface area contributed by atoms with E-state index in [4.69, 9.17) is 11.3 Å². The zero-order valence-corrected chi connectivity index (χ0v) is 15.6. The number of hydrogen-bond acceptors (Lipinski definition) is 5.